The van der Waals surface area contributed by atoms with Crippen molar-refractivity contribution in [2.24, 2.45) is 0 Å². The Morgan fingerprint density at radius 2 is 1.83 bits per heavy atom. The van der Waals surface area contributed by atoms with Crippen LogP contribution >= 0.6 is 0 Å². The number of hydrogen-bond acceptors (Lipinski definition) is 3. The number of hydrogen-bond donors (Lipinski definition) is 1. The van der Waals surface area contributed by atoms with Gasteiger partial charge < -0.3 is 4.74 Å². The van der Waals surface area contributed by atoms with Gasteiger partial charge in [0.05, 0.1) is 12.0 Å². The number of rotatable bonds is 5. The third-order valence-electron chi connectivity index (χ3n) is 4.63. The molecule has 2 aromatic rings. The lowest BCUT2D eigenvalue weighted by Crippen LogP contribution is -2.27. The van der Waals surface area contributed by atoms with E-state index in [1.165, 1.54) is 17.5 Å². The van der Waals surface area contributed by atoms with Gasteiger partial charge in [-0.3, -0.25) is 0 Å². The molecule has 128 valence electrons. The van der Waals surface area contributed by atoms with E-state index in [0.29, 0.717) is 5.75 Å². The first-order chi connectivity index (χ1) is 11.4. The van der Waals surface area contributed by atoms with Gasteiger partial charge in [-0.15, -0.1) is 0 Å². The monoisotopic (exact) mass is 345 g/mol. The van der Waals surface area contributed by atoms with Crippen LogP contribution < -0.4 is 9.46 Å². The molecule has 0 radical (unpaired) electrons. The quantitative estimate of drug-likeness (QED) is 0.902. The smallest absolute Gasteiger partial charge is 0.241 e. The van der Waals surface area contributed by atoms with Crippen molar-refractivity contribution in [3.05, 3.63) is 58.7 Å². The summed E-state index contributed by atoms with van der Waals surface area (Å²) in [4.78, 5) is 0.258. The second-order valence-electron chi connectivity index (χ2n) is 6.36. The number of nitrogens with one attached hydrogen (secondary N) is 1. The van der Waals surface area contributed by atoms with E-state index in [2.05, 4.69) is 16.9 Å². The van der Waals surface area contributed by atoms with Crippen LogP contribution in [0.3, 0.4) is 0 Å². The lowest BCUT2D eigenvalue weighted by molar-refractivity contribution is 0.411. The van der Waals surface area contributed by atoms with Gasteiger partial charge in [0, 0.05) is 6.04 Å². The summed E-state index contributed by atoms with van der Waals surface area (Å²) >= 11 is 0. The molecule has 1 aliphatic carbocycles. The van der Waals surface area contributed by atoms with Crippen molar-refractivity contribution in [2.45, 2.75) is 44.0 Å². The average Bonchev–Trinajstić information content (AvgIpc) is 3.01. The van der Waals surface area contributed by atoms with Gasteiger partial charge in [-0.2, -0.15) is 0 Å². The van der Waals surface area contributed by atoms with Crippen LogP contribution in [-0.2, 0) is 22.9 Å². The van der Waals surface area contributed by atoms with Gasteiger partial charge in [0.1, 0.15) is 5.75 Å². The van der Waals surface area contributed by atoms with Crippen molar-refractivity contribution in [2.75, 3.05) is 7.11 Å². The van der Waals surface area contributed by atoms with Crippen LogP contribution in [0.25, 0.3) is 0 Å². The van der Waals surface area contributed by atoms with E-state index in [4.69, 9.17) is 4.74 Å². The number of fused-ring (bicyclic) bond motifs is 1. The fraction of sp³-hybridized carbons (Fsp3) is 0.368. The van der Waals surface area contributed by atoms with Crippen LogP contribution in [0.2, 0.25) is 0 Å². The maximum absolute atomic E-state index is 12.6. The fourth-order valence-electron chi connectivity index (χ4n) is 3.25. The Hall–Kier alpha value is -1.85. The molecule has 24 heavy (non-hydrogen) atoms. The molecule has 1 N–H and O–H groups in total. The van der Waals surface area contributed by atoms with Crippen LogP contribution in [0.4, 0.5) is 0 Å². The van der Waals surface area contributed by atoms with Crippen molar-refractivity contribution in [1.29, 1.82) is 0 Å². The first-order valence-electron chi connectivity index (χ1n) is 8.19. The number of sulfonamides is 1. The zero-order chi connectivity index (χ0) is 17.3. The fourth-order valence-corrected chi connectivity index (χ4v) is 4.56. The third kappa shape index (κ3) is 3.32. The van der Waals surface area contributed by atoms with Crippen LogP contribution in [0.5, 0.6) is 5.75 Å². The summed E-state index contributed by atoms with van der Waals surface area (Å²) in [6.07, 6.45) is 3.39. The van der Waals surface area contributed by atoms with E-state index in [-0.39, 0.29) is 10.9 Å². The van der Waals surface area contributed by atoms with Gasteiger partial charge >= 0.3 is 0 Å². The molecule has 0 amide bonds. The van der Waals surface area contributed by atoms with E-state index < -0.39 is 10.0 Å². The molecular weight excluding hydrogens is 322 g/mol. The lowest BCUT2D eigenvalue weighted by Gasteiger charge is -2.16. The van der Waals surface area contributed by atoms with Gasteiger partial charge in [0.15, 0.2) is 0 Å². The van der Waals surface area contributed by atoms with Crippen LogP contribution in [-0.4, -0.2) is 15.5 Å². The number of ether oxygens (including phenoxy) is 1. The predicted octanol–water partition coefficient (Wildman–Crippen LogP) is 3.53. The third-order valence-corrected chi connectivity index (χ3v) is 6.17. The molecule has 0 aliphatic heterocycles. The lowest BCUT2D eigenvalue weighted by atomic mass is 10.0. The molecule has 4 nitrogen and oxygen atoms in total. The molecule has 2 aromatic carbocycles. The Balaban J connectivity index is 1.82. The Morgan fingerprint density at radius 3 is 2.54 bits per heavy atom. The van der Waals surface area contributed by atoms with Crippen molar-refractivity contribution in [1.82, 2.24) is 4.72 Å². The molecule has 0 fully saturated rings. The maximum atomic E-state index is 12.6. The van der Waals surface area contributed by atoms with E-state index >= 15 is 0 Å². The van der Waals surface area contributed by atoms with Gasteiger partial charge in [0.2, 0.25) is 10.0 Å². The SMILES string of the molecule is COc1ccc(S(=O)(=O)N[C@@H](C)c2ccc3c(c2)CCC3)cc1C. The van der Waals surface area contributed by atoms with Crippen molar-refractivity contribution < 1.29 is 13.2 Å². The van der Waals surface area contributed by atoms with E-state index in [1.54, 1.807) is 25.3 Å². The normalized spacial score (nSPS) is 15.1. The highest BCUT2D eigenvalue weighted by Crippen LogP contribution is 2.27. The largest absolute Gasteiger partial charge is 0.496 e. The highest BCUT2D eigenvalue weighted by atomic mass is 32.2. The molecule has 0 aromatic heterocycles. The summed E-state index contributed by atoms with van der Waals surface area (Å²) in [5.74, 6) is 0.681. The predicted molar refractivity (Wildman–Crippen MR) is 94.9 cm³/mol. The first kappa shape index (κ1) is 17.0. The van der Waals surface area contributed by atoms with Gasteiger partial charge in [-0.05, 0) is 73.6 Å². The molecule has 0 bridgehead atoms. The minimum atomic E-state index is -3.57. The Morgan fingerprint density at radius 1 is 1.08 bits per heavy atom. The molecule has 1 aliphatic rings. The van der Waals surface area contributed by atoms with Crippen molar-refractivity contribution in [3.63, 3.8) is 0 Å². The van der Waals surface area contributed by atoms with E-state index in [1.807, 2.05) is 19.9 Å². The summed E-state index contributed by atoms with van der Waals surface area (Å²) in [6.45, 7) is 3.71. The second kappa shape index (κ2) is 6.57. The highest BCUT2D eigenvalue weighted by molar-refractivity contribution is 7.89. The van der Waals surface area contributed by atoms with Crippen molar-refractivity contribution >= 4 is 10.0 Å². The number of aryl methyl sites for hydroxylation is 3. The van der Waals surface area contributed by atoms with Gasteiger partial charge in [-0.25, -0.2) is 13.1 Å². The Kier molecular flexibility index (Phi) is 4.65. The highest BCUT2D eigenvalue weighted by Gasteiger charge is 2.20. The Bertz CT molecular complexity index is 859. The number of benzene rings is 2. The summed E-state index contributed by atoms with van der Waals surface area (Å²) in [5, 5.41) is 0. The van der Waals surface area contributed by atoms with Gasteiger partial charge in [0.25, 0.3) is 0 Å². The van der Waals surface area contributed by atoms with Crippen molar-refractivity contribution in [3.8, 4) is 5.75 Å². The molecule has 0 saturated heterocycles. The molecule has 0 spiro atoms. The van der Waals surface area contributed by atoms with Crippen LogP contribution in [0.1, 0.15) is 41.6 Å². The molecule has 0 heterocycles. The molecule has 1 atom stereocenters. The summed E-state index contributed by atoms with van der Waals surface area (Å²) in [6, 6.07) is 10.9. The summed E-state index contributed by atoms with van der Waals surface area (Å²) in [5.41, 5.74) is 4.54. The summed E-state index contributed by atoms with van der Waals surface area (Å²) < 4.78 is 33.3. The minimum absolute atomic E-state index is 0.258. The molecule has 0 saturated carbocycles. The standard InChI is InChI=1S/C19H23NO3S/c1-13-11-18(9-10-19(13)23-3)24(21,22)20-14(2)16-8-7-15-5-4-6-17(15)12-16/h7-12,14,20H,4-6H2,1-3H3/t14-/m0/s1. The molecule has 5 heteroatoms. The van der Waals surface area contributed by atoms with E-state index in [9.17, 15) is 8.42 Å². The average molecular weight is 345 g/mol. The second-order valence-corrected chi connectivity index (χ2v) is 8.07. The van der Waals surface area contributed by atoms with Crippen LogP contribution in [0, 0.1) is 6.92 Å². The molecular formula is C19H23NO3S. The zero-order valence-electron chi connectivity index (χ0n) is 14.3. The van der Waals surface area contributed by atoms with E-state index in [0.717, 1.165) is 24.0 Å². The van der Waals surface area contributed by atoms with Gasteiger partial charge in [-0.1, -0.05) is 18.2 Å². The number of methoxy groups -OCH3 is 1. The first-order valence-corrected chi connectivity index (χ1v) is 9.67. The maximum Gasteiger partial charge on any atom is 0.241 e. The topological polar surface area (TPSA) is 55.4 Å². The zero-order valence-corrected chi connectivity index (χ0v) is 15.1. The Labute approximate surface area is 143 Å². The molecule has 3 rings (SSSR count). The van der Waals surface area contributed by atoms with Crippen LogP contribution in [0.15, 0.2) is 41.3 Å². The molecule has 0 unspecified atom stereocenters. The minimum Gasteiger partial charge on any atom is -0.496 e. The summed E-state index contributed by atoms with van der Waals surface area (Å²) in [7, 11) is -2.00.